The fourth-order valence-corrected chi connectivity index (χ4v) is 2.51. The Kier molecular flexibility index (Phi) is 7.48. The molecule has 1 aromatic carbocycles. The summed E-state index contributed by atoms with van der Waals surface area (Å²) in [4.78, 5) is 36.9. The lowest BCUT2D eigenvalue weighted by molar-refractivity contribution is -0.138. The summed E-state index contributed by atoms with van der Waals surface area (Å²) in [6.07, 6.45) is 1.77. The number of nitrogens with zero attached hydrogens (tertiary/aromatic N) is 3. The summed E-state index contributed by atoms with van der Waals surface area (Å²) in [5.74, 6) is -1.05. The quantitative estimate of drug-likeness (QED) is 0.300. The van der Waals surface area contributed by atoms with E-state index in [0.717, 1.165) is 12.6 Å². The minimum atomic E-state index is -0.803. The molecule has 0 unspecified atom stereocenters. The number of aryl methyl sites for hydroxylation is 1. The van der Waals surface area contributed by atoms with E-state index in [0.29, 0.717) is 23.2 Å². The molecule has 1 aromatic heterocycles. The average molecular weight is 397 g/mol. The molecule has 29 heavy (non-hydrogen) atoms. The molecule has 0 aliphatic carbocycles. The lowest BCUT2D eigenvalue weighted by atomic mass is 10.1. The van der Waals surface area contributed by atoms with Gasteiger partial charge in [-0.05, 0) is 25.3 Å². The van der Waals surface area contributed by atoms with Gasteiger partial charge >= 0.3 is 5.97 Å². The van der Waals surface area contributed by atoms with Crippen LogP contribution in [0.4, 0.5) is 0 Å². The molecule has 0 aliphatic rings. The van der Waals surface area contributed by atoms with Gasteiger partial charge in [0.15, 0.2) is 11.3 Å². The van der Waals surface area contributed by atoms with E-state index in [9.17, 15) is 14.4 Å². The third-order valence-corrected chi connectivity index (χ3v) is 4.02. The van der Waals surface area contributed by atoms with Gasteiger partial charge in [0, 0.05) is 18.1 Å². The summed E-state index contributed by atoms with van der Waals surface area (Å²) in [7, 11) is 0. The number of rotatable bonds is 8. The number of hydrogen-bond donors (Lipinski definition) is 2. The minimum Gasteiger partial charge on any atom is -0.462 e. The van der Waals surface area contributed by atoms with Gasteiger partial charge in [0.05, 0.1) is 12.0 Å². The van der Waals surface area contributed by atoms with E-state index in [1.54, 1.807) is 37.3 Å². The van der Waals surface area contributed by atoms with Crippen LogP contribution in [0.2, 0.25) is 0 Å². The monoisotopic (exact) mass is 397 g/mol. The summed E-state index contributed by atoms with van der Waals surface area (Å²) >= 11 is 0. The molecule has 0 fully saturated rings. The maximum Gasteiger partial charge on any atom is 0.350 e. The highest BCUT2D eigenvalue weighted by atomic mass is 16.5. The van der Waals surface area contributed by atoms with Crippen molar-refractivity contribution in [1.82, 2.24) is 20.6 Å². The van der Waals surface area contributed by atoms with Gasteiger partial charge in [0.1, 0.15) is 6.07 Å². The van der Waals surface area contributed by atoms with Gasteiger partial charge in [-0.2, -0.15) is 10.4 Å². The van der Waals surface area contributed by atoms with Crippen LogP contribution >= 0.6 is 0 Å². The standard InChI is InChI=1S/C20H23N5O4/c1-4-29-20(28)14(11-21)12-22-23-18(26)17-15-7-5-6-8-16(15)19(27)25(24-17)10-9-13(2)3/h5-8,12-13,22H,4,9-10H2,1-3H3,(H,23,26)/b14-12+. The average Bonchev–Trinajstić information content (AvgIpc) is 2.70. The summed E-state index contributed by atoms with van der Waals surface area (Å²) in [5.41, 5.74) is 4.26. The van der Waals surface area contributed by atoms with E-state index < -0.39 is 11.9 Å². The van der Waals surface area contributed by atoms with Crippen LogP contribution in [-0.2, 0) is 16.1 Å². The molecule has 0 atom stereocenters. The first-order chi connectivity index (χ1) is 13.9. The van der Waals surface area contributed by atoms with Crippen LogP contribution in [-0.4, -0.2) is 28.3 Å². The number of carbonyl (C=O) groups excluding carboxylic acids is 2. The van der Waals surface area contributed by atoms with Crippen molar-refractivity contribution in [2.24, 2.45) is 5.92 Å². The van der Waals surface area contributed by atoms with Crippen LogP contribution in [0.25, 0.3) is 10.8 Å². The molecule has 2 rings (SSSR count). The summed E-state index contributed by atoms with van der Waals surface area (Å²) in [5, 5.41) is 14.0. The SMILES string of the molecule is CCOC(=O)/C(C#N)=C/NNC(=O)c1nn(CCC(C)C)c(=O)c2ccccc12. The van der Waals surface area contributed by atoms with E-state index >= 15 is 0 Å². The lowest BCUT2D eigenvalue weighted by Gasteiger charge is -2.12. The number of aromatic nitrogens is 2. The molecular weight excluding hydrogens is 374 g/mol. The van der Waals surface area contributed by atoms with E-state index in [1.165, 1.54) is 4.68 Å². The number of carbonyl (C=O) groups is 2. The van der Waals surface area contributed by atoms with Crippen LogP contribution in [0.1, 0.15) is 37.7 Å². The highest BCUT2D eigenvalue weighted by Crippen LogP contribution is 2.13. The van der Waals surface area contributed by atoms with E-state index in [-0.39, 0.29) is 23.4 Å². The Morgan fingerprint density at radius 2 is 2.00 bits per heavy atom. The maximum absolute atomic E-state index is 12.7. The molecule has 0 bridgehead atoms. The third kappa shape index (κ3) is 5.42. The number of nitriles is 1. The summed E-state index contributed by atoms with van der Waals surface area (Å²) < 4.78 is 6.02. The molecule has 1 amide bonds. The Morgan fingerprint density at radius 1 is 1.31 bits per heavy atom. The van der Waals surface area contributed by atoms with Gasteiger partial charge in [-0.15, -0.1) is 0 Å². The Bertz CT molecular complexity index is 1030. The second kappa shape index (κ2) is 10.0. The number of benzene rings is 1. The highest BCUT2D eigenvalue weighted by molar-refractivity contribution is 6.04. The molecule has 0 radical (unpaired) electrons. The number of esters is 1. The molecule has 0 saturated carbocycles. The molecule has 0 spiro atoms. The predicted molar refractivity (Wildman–Crippen MR) is 106 cm³/mol. The Morgan fingerprint density at radius 3 is 2.62 bits per heavy atom. The van der Waals surface area contributed by atoms with Crippen molar-refractivity contribution in [2.45, 2.75) is 33.7 Å². The number of fused-ring (bicyclic) bond motifs is 1. The number of amides is 1. The number of ether oxygens (including phenoxy) is 1. The third-order valence-electron chi connectivity index (χ3n) is 4.02. The first kappa shape index (κ1) is 21.6. The predicted octanol–water partition coefficient (Wildman–Crippen LogP) is 1.65. The van der Waals surface area contributed by atoms with E-state index in [2.05, 4.69) is 16.0 Å². The zero-order chi connectivity index (χ0) is 21.4. The van der Waals surface area contributed by atoms with Gasteiger partial charge in [-0.25, -0.2) is 9.48 Å². The van der Waals surface area contributed by atoms with E-state index in [1.807, 2.05) is 13.8 Å². The maximum atomic E-state index is 12.7. The molecule has 9 nitrogen and oxygen atoms in total. The first-order valence-electron chi connectivity index (χ1n) is 9.22. The van der Waals surface area contributed by atoms with Crippen LogP contribution in [0.5, 0.6) is 0 Å². The molecule has 2 aromatic rings. The van der Waals surface area contributed by atoms with Crippen molar-refractivity contribution in [3.8, 4) is 6.07 Å². The van der Waals surface area contributed by atoms with Gasteiger partial charge in [-0.3, -0.25) is 15.0 Å². The lowest BCUT2D eigenvalue weighted by Crippen LogP contribution is -2.37. The molecule has 9 heteroatoms. The zero-order valence-corrected chi connectivity index (χ0v) is 16.6. The zero-order valence-electron chi connectivity index (χ0n) is 16.6. The van der Waals surface area contributed by atoms with Crippen molar-refractivity contribution >= 4 is 22.6 Å². The van der Waals surface area contributed by atoms with E-state index in [4.69, 9.17) is 10.00 Å². The van der Waals surface area contributed by atoms with Crippen molar-refractivity contribution in [1.29, 1.82) is 5.26 Å². The summed E-state index contributed by atoms with van der Waals surface area (Å²) in [6, 6.07) is 8.40. The largest absolute Gasteiger partial charge is 0.462 e. The van der Waals surface area contributed by atoms with Crippen LogP contribution < -0.4 is 16.4 Å². The number of hydrazine groups is 1. The minimum absolute atomic E-state index is 0.0551. The molecule has 1 heterocycles. The van der Waals surface area contributed by atoms with Gasteiger partial charge in [0.25, 0.3) is 11.5 Å². The number of hydrogen-bond acceptors (Lipinski definition) is 7. The van der Waals surface area contributed by atoms with Crippen LogP contribution in [0.15, 0.2) is 40.8 Å². The van der Waals surface area contributed by atoms with Crippen molar-refractivity contribution in [3.05, 3.63) is 52.1 Å². The fourth-order valence-electron chi connectivity index (χ4n) is 2.51. The second-order valence-corrected chi connectivity index (χ2v) is 6.59. The van der Waals surface area contributed by atoms with Gasteiger partial charge < -0.3 is 10.2 Å². The van der Waals surface area contributed by atoms with Crippen LogP contribution in [0.3, 0.4) is 0 Å². The van der Waals surface area contributed by atoms with Crippen LogP contribution in [0, 0.1) is 17.2 Å². The van der Waals surface area contributed by atoms with Gasteiger partial charge in [0.2, 0.25) is 0 Å². The molecule has 152 valence electrons. The molecular formula is C20H23N5O4. The Hall–Kier alpha value is -3.67. The first-order valence-corrected chi connectivity index (χ1v) is 9.22. The van der Waals surface area contributed by atoms with Crippen molar-refractivity contribution in [3.63, 3.8) is 0 Å². The Labute approximate surface area is 167 Å². The Balaban J connectivity index is 2.30. The normalized spacial score (nSPS) is 11.2. The number of nitrogens with one attached hydrogen (secondary N) is 2. The smallest absolute Gasteiger partial charge is 0.350 e. The summed E-state index contributed by atoms with van der Waals surface area (Å²) in [6.45, 7) is 6.19. The van der Waals surface area contributed by atoms with Gasteiger partial charge in [-0.1, -0.05) is 32.0 Å². The van der Waals surface area contributed by atoms with Crippen molar-refractivity contribution in [2.75, 3.05) is 6.61 Å². The second-order valence-electron chi connectivity index (χ2n) is 6.59. The fraction of sp³-hybridized carbons (Fsp3) is 0.350. The molecule has 0 saturated heterocycles. The highest BCUT2D eigenvalue weighted by Gasteiger charge is 2.17. The topological polar surface area (TPSA) is 126 Å². The van der Waals surface area contributed by atoms with Crippen molar-refractivity contribution < 1.29 is 14.3 Å². The molecule has 2 N–H and O–H groups in total. The molecule has 0 aliphatic heterocycles.